The van der Waals surface area contributed by atoms with Gasteiger partial charge < -0.3 is 10.4 Å². The van der Waals surface area contributed by atoms with Crippen LogP contribution in [-0.4, -0.2) is 11.1 Å². The monoisotopic (exact) mass is 345 g/mol. The lowest BCUT2D eigenvalue weighted by Gasteiger charge is -2.13. The molecule has 0 unspecified atom stereocenters. The van der Waals surface area contributed by atoms with E-state index < -0.39 is 23.3 Å². The van der Waals surface area contributed by atoms with Gasteiger partial charge >= 0.3 is 12.1 Å². The third kappa shape index (κ3) is 3.74. The number of carboxylic acid groups (broad SMARTS) is 1. The predicted octanol–water partition coefficient (Wildman–Crippen LogP) is 5.17. The van der Waals surface area contributed by atoms with Crippen molar-refractivity contribution >= 4 is 22.4 Å². The van der Waals surface area contributed by atoms with Crippen molar-refractivity contribution in [3.8, 4) is 0 Å². The zero-order valence-electron chi connectivity index (χ0n) is 13.0. The van der Waals surface area contributed by atoms with Crippen LogP contribution in [0.1, 0.15) is 21.5 Å². The molecule has 128 valence electrons. The Morgan fingerprint density at radius 2 is 1.68 bits per heavy atom. The van der Waals surface area contributed by atoms with Gasteiger partial charge in [-0.25, -0.2) is 4.79 Å². The smallest absolute Gasteiger partial charge is 0.416 e. The summed E-state index contributed by atoms with van der Waals surface area (Å²) in [6, 6.07) is 16.2. The van der Waals surface area contributed by atoms with Crippen molar-refractivity contribution in [3.05, 3.63) is 77.4 Å². The number of hydrogen-bond acceptors (Lipinski definition) is 2. The number of anilines is 1. The molecule has 0 radical (unpaired) electrons. The molecule has 2 N–H and O–H groups in total. The second-order valence-electron chi connectivity index (χ2n) is 5.60. The van der Waals surface area contributed by atoms with E-state index in [0.29, 0.717) is 12.6 Å². The molecule has 0 atom stereocenters. The third-order valence-corrected chi connectivity index (χ3v) is 3.87. The lowest BCUT2D eigenvalue weighted by atomic mass is 10.1. The maximum atomic E-state index is 12.7. The Morgan fingerprint density at radius 1 is 0.960 bits per heavy atom. The van der Waals surface area contributed by atoms with Gasteiger partial charge in [0.15, 0.2) is 0 Å². The van der Waals surface area contributed by atoms with E-state index >= 15 is 0 Å². The first-order chi connectivity index (χ1) is 11.8. The molecule has 25 heavy (non-hydrogen) atoms. The Morgan fingerprint density at radius 3 is 2.36 bits per heavy atom. The van der Waals surface area contributed by atoms with Gasteiger partial charge in [0.05, 0.1) is 11.1 Å². The highest BCUT2D eigenvalue weighted by molar-refractivity contribution is 5.94. The molecule has 0 aliphatic heterocycles. The maximum absolute atomic E-state index is 12.7. The van der Waals surface area contributed by atoms with Crippen LogP contribution in [0.3, 0.4) is 0 Å². The van der Waals surface area contributed by atoms with Crippen LogP contribution < -0.4 is 5.32 Å². The largest absolute Gasteiger partial charge is 0.478 e. The lowest BCUT2D eigenvalue weighted by Crippen LogP contribution is -2.11. The summed E-state index contributed by atoms with van der Waals surface area (Å²) in [6.45, 7) is 0.302. The van der Waals surface area contributed by atoms with Crippen molar-refractivity contribution in [3.63, 3.8) is 0 Å². The zero-order chi connectivity index (χ0) is 18.0. The second kappa shape index (κ2) is 6.47. The molecule has 0 heterocycles. The number of rotatable bonds is 4. The quantitative estimate of drug-likeness (QED) is 0.686. The summed E-state index contributed by atoms with van der Waals surface area (Å²) in [5, 5.41) is 14.2. The lowest BCUT2D eigenvalue weighted by molar-refractivity contribution is -0.137. The highest BCUT2D eigenvalue weighted by Gasteiger charge is 2.31. The van der Waals surface area contributed by atoms with Gasteiger partial charge in [-0.15, -0.1) is 0 Å². The fourth-order valence-corrected chi connectivity index (χ4v) is 2.60. The molecule has 0 saturated carbocycles. The van der Waals surface area contributed by atoms with Gasteiger partial charge in [-0.3, -0.25) is 0 Å². The normalized spacial score (nSPS) is 11.5. The van der Waals surface area contributed by atoms with Gasteiger partial charge in [0, 0.05) is 12.2 Å². The van der Waals surface area contributed by atoms with E-state index in [0.717, 1.165) is 28.5 Å². The van der Waals surface area contributed by atoms with Crippen molar-refractivity contribution in [2.45, 2.75) is 12.7 Å². The molecule has 3 aromatic carbocycles. The van der Waals surface area contributed by atoms with E-state index in [1.54, 1.807) is 0 Å². The molecule has 6 heteroatoms. The SMILES string of the molecule is O=C(O)c1cc(C(F)(F)F)ccc1NCc1ccc2ccccc2c1. The first-order valence-electron chi connectivity index (χ1n) is 7.51. The molecular weight excluding hydrogens is 331 g/mol. The Hall–Kier alpha value is -3.02. The number of hydrogen-bond donors (Lipinski definition) is 2. The molecule has 0 aliphatic carbocycles. The minimum Gasteiger partial charge on any atom is -0.478 e. The topological polar surface area (TPSA) is 49.3 Å². The van der Waals surface area contributed by atoms with Crippen LogP contribution in [0.4, 0.5) is 18.9 Å². The average Bonchev–Trinajstić information content (AvgIpc) is 2.58. The molecule has 0 amide bonds. The Kier molecular flexibility index (Phi) is 4.35. The molecule has 3 rings (SSSR count). The molecular formula is C19H14F3NO2. The zero-order valence-corrected chi connectivity index (χ0v) is 13.0. The van der Waals surface area contributed by atoms with Crippen LogP contribution >= 0.6 is 0 Å². The molecule has 0 bridgehead atoms. The number of benzene rings is 3. The van der Waals surface area contributed by atoms with Crippen molar-refractivity contribution in [2.75, 3.05) is 5.32 Å². The summed E-state index contributed by atoms with van der Waals surface area (Å²) in [5.41, 5.74) is -0.347. The van der Waals surface area contributed by atoms with Crippen molar-refractivity contribution in [1.82, 2.24) is 0 Å². The first kappa shape index (κ1) is 16.8. The van der Waals surface area contributed by atoms with Crippen LogP contribution in [0.25, 0.3) is 10.8 Å². The van der Waals surface area contributed by atoms with Gasteiger partial charge in [-0.1, -0.05) is 36.4 Å². The van der Waals surface area contributed by atoms with Crippen LogP contribution in [-0.2, 0) is 12.7 Å². The Labute approximate surface area is 141 Å². The summed E-state index contributed by atoms with van der Waals surface area (Å²) in [6.07, 6.45) is -4.58. The molecule has 0 spiro atoms. The van der Waals surface area contributed by atoms with E-state index in [2.05, 4.69) is 5.32 Å². The van der Waals surface area contributed by atoms with Crippen molar-refractivity contribution < 1.29 is 23.1 Å². The molecule has 3 nitrogen and oxygen atoms in total. The summed E-state index contributed by atoms with van der Waals surface area (Å²) in [4.78, 5) is 11.3. The summed E-state index contributed by atoms with van der Waals surface area (Å²) >= 11 is 0. The minimum atomic E-state index is -4.58. The average molecular weight is 345 g/mol. The number of carbonyl (C=O) groups is 1. The van der Waals surface area contributed by atoms with E-state index in [1.807, 2.05) is 42.5 Å². The maximum Gasteiger partial charge on any atom is 0.416 e. The van der Waals surface area contributed by atoms with E-state index in [1.165, 1.54) is 0 Å². The van der Waals surface area contributed by atoms with Crippen LogP contribution in [0.5, 0.6) is 0 Å². The summed E-state index contributed by atoms with van der Waals surface area (Å²) < 4.78 is 38.2. The third-order valence-electron chi connectivity index (χ3n) is 3.87. The van der Waals surface area contributed by atoms with Crippen LogP contribution in [0.2, 0.25) is 0 Å². The number of halogens is 3. The van der Waals surface area contributed by atoms with Gasteiger partial charge in [0.25, 0.3) is 0 Å². The summed E-state index contributed by atoms with van der Waals surface area (Å²) in [5.74, 6) is -1.41. The van der Waals surface area contributed by atoms with Crippen LogP contribution in [0.15, 0.2) is 60.7 Å². The number of aromatic carboxylic acids is 1. The number of fused-ring (bicyclic) bond motifs is 1. The predicted molar refractivity (Wildman–Crippen MR) is 89.7 cm³/mol. The van der Waals surface area contributed by atoms with Crippen molar-refractivity contribution in [1.29, 1.82) is 0 Å². The van der Waals surface area contributed by atoms with E-state index in [9.17, 15) is 23.1 Å². The fourth-order valence-electron chi connectivity index (χ4n) is 2.60. The molecule has 0 aliphatic rings. The van der Waals surface area contributed by atoms with E-state index in [4.69, 9.17) is 0 Å². The highest BCUT2D eigenvalue weighted by atomic mass is 19.4. The first-order valence-corrected chi connectivity index (χ1v) is 7.51. The van der Waals surface area contributed by atoms with Crippen LogP contribution in [0, 0.1) is 0 Å². The molecule has 0 saturated heterocycles. The standard InChI is InChI=1S/C19H14F3NO2/c20-19(21,22)15-7-8-17(16(10-15)18(24)25)23-11-12-5-6-13-3-1-2-4-14(13)9-12/h1-10,23H,11H2,(H,24,25). The van der Waals surface area contributed by atoms with Crippen molar-refractivity contribution in [2.24, 2.45) is 0 Å². The Balaban J connectivity index is 1.85. The number of nitrogens with one attached hydrogen (secondary N) is 1. The van der Waals surface area contributed by atoms with Gasteiger partial charge in [-0.05, 0) is 40.6 Å². The molecule has 0 fully saturated rings. The molecule has 0 aromatic heterocycles. The fraction of sp³-hybridized carbons (Fsp3) is 0.105. The molecule has 3 aromatic rings. The van der Waals surface area contributed by atoms with Gasteiger partial charge in [0.1, 0.15) is 0 Å². The van der Waals surface area contributed by atoms with E-state index in [-0.39, 0.29) is 5.69 Å². The minimum absolute atomic E-state index is 0.147. The van der Waals surface area contributed by atoms with Gasteiger partial charge in [0.2, 0.25) is 0 Å². The number of carboxylic acids is 1. The Bertz CT molecular complexity index is 935. The second-order valence-corrected chi connectivity index (χ2v) is 5.60. The summed E-state index contributed by atoms with van der Waals surface area (Å²) in [7, 11) is 0. The number of alkyl halides is 3. The van der Waals surface area contributed by atoms with Gasteiger partial charge in [-0.2, -0.15) is 13.2 Å². The highest BCUT2D eigenvalue weighted by Crippen LogP contribution is 2.32.